The van der Waals surface area contributed by atoms with Gasteiger partial charge in [0, 0.05) is 6.04 Å². The first kappa shape index (κ1) is 11.6. The molecule has 1 unspecified atom stereocenters. The van der Waals surface area contributed by atoms with Crippen LogP contribution >= 0.6 is 0 Å². The van der Waals surface area contributed by atoms with Gasteiger partial charge < -0.3 is 5.73 Å². The Balaban J connectivity index is 2.12. The third kappa shape index (κ3) is 2.27. The molecule has 0 aromatic heterocycles. The predicted molar refractivity (Wildman–Crippen MR) is 64.8 cm³/mol. The van der Waals surface area contributed by atoms with Crippen molar-refractivity contribution in [3.8, 4) is 0 Å². The Morgan fingerprint density at radius 3 is 2.31 bits per heavy atom. The van der Waals surface area contributed by atoms with Crippen molar-refractivity contribution in [3.05, 3.63) is 34.6 Å². The van der Waals surface area contributed by atoms with Gasteiger partial charge in [0.15, 0.2) is 0 Å². The number of benzene rings is 1. The molecule has 0 radical (unpaired) electrons. The molecule has 0 saturated heterocycles. The van der Waals surface area contributed by atoms with Crippen molar-refractivity contribution in [2.75, 3.05) is 0 Å². The van der Waals surface area contributed by atoms with Gasteiger partial charge in [0.2, 0.25) is 0 Å². The lowest BCUT2D eigenvalue weighted by atomic mass is 9.79. The Bertz CT molecular complexity index is 359. The van der Waals surface area contributed by atoms with Crippen molar-refractivity contribution in [3.63, 3.8) is 0 Å². The molecule has 0 aliphatic heterocycles. The maximum atomic E-state index is 13.5. The van der Waals surface area contributed by atoms with E-state index in [1.165, 1.54) is 19.3 Å². The molecule has 0 heterocycles. The van der Waals surface area contributed by atoms with Gasteiger partial charge in [-0.05, 0) is 42.9 Å². The summed E-state index contributed by atoms with van der Waals surface area (Å²) in [6.07, 6.45) is 5.02. The number of aryl methyl sites for hydroxylation is 2. The molecule has 1 saturated carbocycles. The van der Waals surface area contributed by atoms with E-state index in [1.54, 1.807) is 0 Å². The summed E-state index contributed by atoms with van der Waals surface area (Å²) in [6.45, 7) is 3.61. The molecule has 1 fully saturated rings. The van der Waals surface area contributed by atoms with E-state index in [4.69, 9.17) is 5.73 Å². The van der Waals surface area contributed by atoms with Crippen LogP contribution in [-0.4, -0.2) is 0 Å². The van der Waals surface area contributed by atoms with Crippen molar-refractivity contribution < 1.29 is 4.39 Å². The zero-order chi connectivity index (χ0) is 11.7. The summed E-state index contributed by atoms with van der Waals surface area (Å²) in [5.74, 6) is 0.695. The van der Waals surface area contributed by atoms with Crippen LogP contribution < -0.4 is 5.73 Å². The number of nitrogens with two attached hydrogens (primary N) is 1. The van der Waals surface area contributed by atoms with E-state index in [1.807, 2.05) is 26.0 Å². The van der Waals surface area contributed by atoms with E-state index in [9.17, 15) is 4.39 Å². The molecule has 1 aromatic rings. The van der Waals surface area contributed by atoms with Gasteiger partial charge in [-0.3, -0.25) is 0 Å². The molecule has 1 nitrogen and oxygen atoms in total. The molecule has 88 valence electrons. The van der Waals surface area contributed by atoms with Crippen LogP contribution in [0.1, 0.15) is 48.4 Å². The van der Waals surface area contributed by atoms with Gasteiger partial charge in [0.25, 0.3) is 0 Å². The molecule has 16 heavy (non-hydrogen) atoms. The Labute approximate surface area is 96.9 Å². The van der Waals surface area contributed by atoms with Crippen molar-refractivity contribution in [2.45, 2.75) is 45.6 Å². The quantitative estimate of drug-likeness (QED) is 0.828. The number of hydrogen-bond acceptors (Lipinski definition) is 1. The molecule has 1 atom stereocenters. The van der Waals surface area contributed by atoms with Gasteiger partial charge in [-0.2, -0.15) is 0 Å². The Morgan fingerprint density at radius 1 is 1.31 bits per heavy atom. The third-order valence-electron chi connectivity index (χ3n) is 3.70. The zero-order valence-corrected chi connectivity index (χ0v) is 10.1. The van der Waals surface area contributed by atoms with E-state index >= 15 is 0 Å². The van der Waals surface area contributed by atoms with Gasteiger partial charge in [0.05, 0.1) is 0 Å². The average molecular weight is 221 g/mol. The maximum absolute atomic E-state index is 13.5. The fourth-order valence-corrected chi connectivity index (χ4v) is 2.42. The first-order valence-electron chi connectivity index (χ1n) is 6.10. The zero-order valence-electron chi connectivity index (χ0n) is 10.1. The lowest BCUT2D eigenvalue weighted by molar-refractivity contribution is 0.277. The van der Waals surface area contributed by atoms with E-state index in [0.29, 0.717) is 11.1 Å². The second-order valence-corrected chi connectivity index (χ2v) is 5.11. The fraction of sp³-hybridized carbons (Fsp3) is 0.571. The van der Waals surface area contributed by atoms with Crippen LogP contribution in [0.15, 0.2) is 12.1 Å². The van der Waals surface area contributed by atoms with Crippen molar-refractivity contribution in [1.82, 2.24) is 0 Å². The molecule has 0 amide bonds. The molecule has 2 heteroatoms. The molecule has 0 spiro atoms. The summed E-state index contributed by atoms with van der Waals surface area (Å²) in [5.41, 5.74) is 8.67. The topological polar surface area (TPSA) is 26.0 Å². The van der Waals surface area contributed by atoms with Crippen LogP contribution in [-0.2, 0) is 0 Å². The molecule has 1 aliphatic carbocycles. The predicted octanol–water partition coefficient (Wildman–Crippen LogP) is 3.63. The summed E-state index contributed by atoms with van der Waals surface area (Å²) in [4.78, 5) is 0. The molecule has 1 aliphatic rings. The monoisotopic (exact) mass is 221 g/mol. The highest BCUT2D eigenvalue weighted by atomic mass is 19.1. The van der Waals surface area contributed by atoms with E-state index in [2.05, 4.69) is 0 Å². The summed E-state index contributed by atoms with van der Waals surface area (Å²) in [7, 11) is 0. The van der Waals surface area contributed by atoms with Crippen LogP contribution in [0.2, 0.25) is 0 Å². The first-order chi connectivity index (χ1) is 7.58. The van der Waals surface area contributed by atoms with E-state index in [-0.39, 0.29) is 11.9 Å². The highest BCUT2D eigenvalue weighted by molar-refractivity contribution is 5.32. The highest BCUT2D eigenvalue weighted by Crippen LogP contribution is 2.34. The molecule has 2 rings (SSSR count). The minimum Gasteiger partial charge on any atom is -0.324 e. The van der Waals surface area contributed by atoms with Gasteiger partial charge in [-0.25, -0.2) is 4.39 Å². The minimum absolute atomic E-state index is 0.0725. The molecule has 1 aromatic carbocycles. The van der Waals surface area contributed by atoms with E-state index < -0.39 is 0 Å². The van der Waals surface area contributed by atoms with Gasteiger partial charge >= 0.3 is 0 Å². The number of rotatable bonds is 3. The van der Waals surface area contributed by atoms with E-state index in [0.717, 1.165) is 17.9 Å². The van der Waals surface area contributed by atoms with Crippen molar-refractivity contribution in [2.24, 2.45) is 11.7 Å². The molecule has 0 bridgehead atoms. The highest BCUT2D eigenvalue weighted by Gasteiger charge is 2.21. The molecular formula is C14H20FN. The second-order valence-electron chi connectivity index (χ2n) is 5.11. The van der Waals surface area contributed by atoms with Gasteiger partial charge in [0.1, 0.15) is 5.82 Å². The van der Waals surface area contributed by atoms with Crippen LogP contribution in [0.4, 0.5) is 4.39 Å². The summed E-state index contributed by atoms with van der Waals surface area (Å²) >= 11 is 0. The van der Waals surface area contributed by atoms with Crippen LogP contribution in [0.25, 0.3) is 0 Å². The van der Waals surface area contributed by atoms with Gasteiger partial charge in [-0.1, -0.05) is 31.4 Å². The smallest absolute Gasteiger partial charge is 0.129 e. The fourth-order valence-electron chi connectivity index (χ4n) is 2.42. The van der Waals surface area contributed by atoms with Crippen LogP contribution in [0.3, 0.4) is 0 Å². The van der Waals surface area contributed by atoms with Crippen molar-refractivity contribution in [1.29, 1.82) is 0 Å². The standard InChI is InChI=1S/C14H20FN/c1-9-6-12(7-10(2)14(9)15)13(16)8-11-4-3-5-11/h6-7,11,13H,3-5,8,16H2,1-2H3. The lowest BCUT2D eigenvalue weighted by Crippen LogP contribution is -2.20. The third-order valence-corrected chi connectivity index (χ3v) is 3.70. The SMILES string of the molecule is Cc1cc(C(N)CC2CCC2)cc(C)c1F. The second kappa shape index (κ2) is 4.54. The van der Waals surface area contributed by atoms with Gasteiger partial charge in [-0.15, -0.1) is 0 Å². The van der Waals surface area contributed by atoms with Crippen molar-refractivity contribution >= 4 is 0 Å². The van der Waals surface area contributed by atoms with Crippen LogP contribution in [0.5, 0.6) is 0 Å². The molecular weight excluding hydrogens is 201 g/mol. The largest absolute Gasteiger partial charge is 0.324 e. The Hall–Kier alpha value is -0.890. The lowest BCUT2D eigenvalue weighted by Gasteiger charge is -2.28. The van der Waals surface area contributed by atoms with Crippen LogP contribution in [0, 0.1) is 25.6 Å². The summed E-state index contributed by atoms with van der Waals surface area (Å²) < 4.78 is 13.5. The number of hydrogen-bond donors (Lipinski definition) is 1. The minimum atomic E-state index is -0.0976. The Morgan fingerprint density at radius 2 is 1.88 bits per heavy atom. The number of halogens is 1. The molecule has 2 N–H and O–H groups in total. The first-order valence-corrected chi connectivity index (χ1v) is 6.10. The average Bonchev–Trinajstić information content (AvgIpc) is 2.19. The maximum Gasteiger partial charge on any atom is 0.129 e. The normalized spacial score (nSPS) is 18.2. The summed E-state index contributed by atoms with van der Waals surface area (Å²) in [6, 6.07) is 3.86. The Kier molecular flexibility index (Phi) is 3.29. The summed E-state index contributed by atoms with van der Waals surface area (Å²) in [5, 5.41) is 0.